The van der Waals surface area contributed by atoms with E-state index in [1.807, 2.05) is 29.2 Å². The molecule has 0 unspecified atom stereocenters. The van der Waals surface area contributed by atoms with E-state index in [4.69, 9.17) is 9.47 Å². The summed E-state index contributed by atoms with van der Waals surface area (Å²) in [6, 6.07) is 12.1. The van der Waals surface area contributed by atoms with E-state index >= 15 is 0 Å². The highest BCUT2D eigenvalue weighted by Crippen LogP contribution is 2.32. The zero-order valence-corrected chi connectivity index (χ0v) is 15.1. The SMILES string of the molecule is O=C1N(c2ccccn2)C[C@H]2CN(Cc3ccc4c(c3)OCCO4)CCN12. The molecule has 2 amide bonds. The fraction of sp³-hybridized carbons (Fsp3) is 0.400. The van der Waals surface area contributed by atoms with Gasteiger partial charge in [-0.05, 0) is 29.8 Å². The number of nitrogens with zero attached hydrogens (tertiary/aromatic N) is 4. The zero-order chi connectivity index (χ0) is 18.2. The van der Waals surface area contributed by atoms with E-state index in [9.17, 15) is 4.79 Å². The highest BCUT2D eigenvalue weighted by molar-refractivity contribution is 5.93. The van der Waals surface area contributed by atoms with Crippen LogP contribution in [0.2, 0.25) is 0 Å². The van der Waals surface area contributed by atoms with Gasteiger partial charge in [0.2, 0.25) is 0 Å². The van der Waals surface area contributed by atoms with Crippen molar-refractivity contribution < 1.29 is 14.3 Å². The summed E-state index contributed by atoms with van der Waals surface area (Å²) in [6.45, 7) is 5.22. The summed E-state index contributed by atoms with van der Waals surface area (Å²) in [5.74, 6) is 2.38. The Morgan fingerprint density at radius 3 is 2.78 bits per heavy atom. The molecule has 7 heteroatoms. The molecule has 7 nitrogen and oxygen atoms in total. The minimum absolute atomic E-state index is 0.0673. The molecular weight excluding hydrogens is 344 g/mol. The van der Waals surface area contributed by atoms with Crippen LogP contribution in [-0.2, 0) is 6.54 Å². The van der Waals surface area contributed by atoms with Crippen LogP contribution < -0.4 is 14.4 Å². The number of hydrogen-bond acceptors (Lipinski definition) is 5. The molecule has 0 N–H and O–H groups in total. The molecule has 0 radical (unpaired) electrons. The van der Waals surface area contributed by atoms with Crippen molar-refractivity contribution in [1.82, 2.24) is 14.8 Å². The van der Waals surface area contributed by atoms with Crippen molar-refractivity contribution in [2.24, 2.45) is 0 Å². The predicted octanol–water partition coefficient (Wildman–Crippen LogP) is 1.98. The van der Waals surface area contributed by atoms with E-state index in [2.05, 4.69) is 22.0 Å². The van der Waals surface area contributed by atoms with Crippen LogP contribution in [0.15, 0.2) is 42.6 Å². The molecule has 4 heterocycles. The predicted molar refractivity (Wildman–Crippen MR) is 100 cm³/mol. The van der Waals surface area contributed by atoms with Gasteiger partial charge in [-0.2, -0.15) is 0 Å². The zero-order valence-electron chi connectivity index (χ0n) is 15.1. The van der Waals surface area contributed by atoms with Crippen molar-refractivity contribution in [2.45, 2.75) is 12.6 Å². The molecule has 1 aromatic carbocycles. The third-order valence-corrected chi connectivity index (χ3v) is 5.38. The first-order chi connectivity index (χ1) is 13.3. The van der Waals surface area contributed by atoms with Gasteiger partial charge >= 0.3 is 6.03 Å². The van der Waals surface area contributed by atoms with Crippen LogP contribution in [0.25, 0.3) is 0 Å². The molecule has 0 spiro atoms. The molecule has 140 valence electrons. The molecule has 2 fully saturated rings. The van der Waals surface area contributed by atoms with Gasteiger partial charge in [-0.3, -0.25) is 9.80 Å². The highest BCUT2D eigenvalue weighted by Gasteiger charge is 2.41. The minimum Gasteiger partial charge on any atom is -0.486 e. The summed E-state index contributed by atoms with van der Waals surface area (Å²) in [5.41, 5.74) is 1.21. The number of amides is 2. The Bertz CT molecular complexity index is 844. The van der Waals surface area contributed by atoms with Crippen LogP contribution >= 0.6 is 0 Å². The Balaban J connectivity index is 1.27. The number of urea groups is 1. The van der Waals surface area contributed by atoms with Crippen molar-refractivity contribution in [3.8, 4) is 11.5 Å². The van der Waals surface area contributed by atoms with Crippen LogP contribution in [0.3, 0.4) is 0 Å². The van der Waals surface area contributed by atoms with Crippen molar-refractivity contribution in [1.29, 1.82) is 0 Å². The summed E-state index contributed by atoms with van der Waals surface area (Å²) < 4.78 is 11.3. The maximum atomic E-state index is 12.7. The topological polar surface area (TPSA) is 58.1 Å². The number of carbonyl (C=O) groups is 1. The maximum absolute atomic E-state index is 12.7. The molecular formula is C20H22N4O3. The maximum Gasteiger partial charge on any atom is 0.326 e. The fourth-order valence-electron chi connectivity index (χ4n) is 4.06. The molecule has 3 aliphatic heterocycles. The highest BCUT2D eigenvalue weighted by atomic mass is 16.6. The quantitative estimate of drug-likeness (QED) is 0.831. The smallest absolute Gasteiger partial charge is 0.326 e. The third-order valence-electron chi connectivity index (χ3n) is 5.38. The number of carbonyl (C=O) groups excluding carboxylic acids is 1. The molecule has 27 heavy (non-hydrogen) atoms. The fourth-order valence-corrected chi connectivity index (χ4v) is 4.06. The van der Waals surface area contributed by atoms with Gasteiger partial charge in [0, 0.05) is 32.4 Å². The second-order valence-corrected chi connectivity index (χ2v) is 7.14. The van der Waals surface area contributed by atoms with E-state index < -0.39 is 0 Å². The molecule has 1 aromatic heterocycles. The van der Waals surface area contributed by atoms with Crippen molar-refractivity contribution in [2.75, 3.05) is 44.3 Å². The lowest BCUT2D eigenvalue weighted by atomic mass is 10.1. The van der Waals surface area contributed by atoms with Gasteiger partial charge in [0.25, 0.3) is 0 Å². The summed E-state index contributed by atoms with van der Waals surface area (Å²) in [6.07, 6.45) is 1.73. The molecule has 1 atom stereocenters. The number of benzene rings is 1. The number of pyridine rings is 1. The van der Waals surface area contributed by atoms with E-state index in [1.54, 1.807) is 11.1 Å². The number of hydrogen-bond donors (Lipinski definition) is 0. The molecule has 0 saturated carbocycles. The van der Waals surface area contributed by atoms with Crippen molar-refractivity contribution in [3.63, 3.8) is 0 Å². The number of anilines is 1. The van der Waals surface area contributed by atoms with E-state index in [-0.39, 0.29) is 12.1 Å². The minimum atomic E-state index is 0.0673. The van der Waals surface area contributed by atoms with Crippen LogP contribution in [0.1, 0.15) is 5.56 Å². The largest absolute Gasteiger partial charge is 0.486 e. The van der Waals surface area contributed by atoms with Gasteiger partial charge in [-0.1, -0.05) is 12.1 Å². The van der Waals surface area contributed by atoms with Gasteiger partial charge in [-0.25, -0.2) is 9.78 Å². The van der Waals surface area contributed by atoms with E-state index in [1.165, 1.54) is 5.56 Å². The first-order valence-electron chi connectivity index (χ1n) is 9.38. The Kier molecular flexibility index (Phi) is 4.09. The summed E-state index contributed by atoms with van der Waals surface area (Å²) in [5, 5.41) is 0. The third kappa shape index (κ3) is 3.08. The van der Waals surface area contributed by atoms with Gasteiger partial charge < -0.3 is 14.4 Å². The summed E-state index contributed by atoms with van der Waals surface area (Å²) in [7, 11) is 0. The normalized spacial score (nSPS) is 22.1. The lowest BCUT2D eigenvalue weighted by Gasteiger charge is -2.36. The van der Waals surface area contributed by atoms with Crippen LogP contribution in [0.4, 0.5) is 10.6 Å². The molecule has 0 bridgehead atoms. The first kappa shape index (κ1) is 16.4. The molecule has 5 rings (SSSR count). The van der Waals surface area contributed by atoms with Gasteiger partial charge in [0.15, 0.2) is 11.5 Å². The van der Waals surface area contributed by atoms with Gasteiger partial charge in [0.05, 0.1) is 12.6 Å². The van der Waals surface area contributed by atoms with Gasteiger partial charge in [0.1, 0.15) is 19.0 Å². The van der Waals surface area contributed by atoms with Gasteiger partial charge in [-0.15, -0.1) is 0 Å². The Morgan fingerprint density at radius 2 is 1.93 bits per heavy atom. The van der Waals surface area contributed by atoms with Crippen LogP contribution in [0.5, 0.6) is 11.5 Å². The number of fused-ring (bicyclic) bond motifs is 2. The average molecular weight is 366 g/mol. The van der Waals surface area contributed by atoms with Crippen LogP contribution in [-0.4, -0.2) is 66.2 Å². The summed E-state index contributed by atoms with van der Waals surface area (Å²) in [4.78, 5) is 23.2. The Labute approximate surface area is 158 Å². The number of ether oxygens (including phenoxy) is 2. The average Bonchev–Trinajstić information content (AvgIpc) is 3.04. The first-order valence-corrected chi connectivity index (χ1v) is 9.38. The Morgan fingerprint density at radius 1 is 1.04 bits per heavy atom. The molecule has 2 aromatic rings. The summed E-state index contributed by atoms with van der Waals surface area (Å²) >= 11 is 0. The number of aromatic nitrogens is 1. The van der Waals surface area contributed by atoms with Crippen molar-refractivity contribution >= 4 is 11.8 Å². The van der Waals surface area contributed by atoms with Crippen molar-refractivity contribution in [3.05, 3.63) is 48.2 Å². The number of rotatable bonds is 3. The lowest BCUT2D eigenvalue weighted by Crippen LogP contribution is -2.51. The van der Waals surface area contributed by atoms with E-state index in [0.717, 1.165) is 43.5 Å². The Hall–Kier alpha value is -2.80. The molecule has 0 aliphatic carbocycles. The van der Waals surface area contributed by atoms with Crippen LogP contribution in [0, 0.1) is 0 Å². The number of piperazine rings is 1. The monoisotopic (exact) mass is 366 g/mol. The second-order valence-electron chi connectivity index (χ2n) is 7.14. The molecule has 2 saturated heterocycles. The van der Waals surface area contributed by atoms with E-state index in [0.29, 0.717) is 19.8 Å². The standard InChI is InChI=1S/C20H22N4O3/c25-20-23-8-7-22(12-15-4-5-17-18(11-15)27-10-9-26-17)13-16(23)14-24(20)19-3-1-2-6-21-19/h1-6,11,16H,7-10,12-14H2/t16-/m1/s1. The lowest BCUT2D eigenvalue weighted by molar-refractivity contribution is 0.116. The second kappa shape index (κ2) is 6.74. The molecule has 3 aliphatic rings.